The number of carbonyl (C=O) groups excluding carboxylic acids is 1. The van der Waals surface area contributed by atoms with Gasteiger partial charge in [0.05, 0.1) is 11.0 Å². The third kappa shape index (κ3) is 3.03. The van der Waals surface area contributed by atoms with E-state index >= 15 is 0 Å². The van der Waals surface area contributed by atoms with Gasteiger partial charge in [-0.2, -0.15) is 5.10 Å². The molecule has 2 aromatic heterocycles. The monoisotopic (exact) mass is 401 g/mol. The van der Waals surface area contributed by atoms with E-state index in [2.05, 4.69) is 32.2 Å². The molecule has 24 heavy (non-hydrogen) atoms. The molecule has 4 nitrogen and oxygen atoms in total. The summed E-state index contributed by atoms with van der Waals surface area (Å²) in [5, 5.41) is 9.33. The van der Waals surface area contributed by atoms with Crippen LogP contribution < -0.4 is 0 Å². The first-order valence-corrected chi connectivity index (χ1v) is 9.54. The Balaban J connectivity index is 1.62. The molecule has 0 atom stereocenters. The van der Waals surface area contributed by atoms with Crippen LogP contribution in [0.4, 0.5) is 0 Å². The standard InChI is InChI=1S/C18H16BrN3OS/c19-15-16(12-5-2-1-3-6-12)20-21-17(15)18(23)22(13-8-9-13)11-14-7-4-10-24-14/h1-7,10,13H,8-9,11H2,(H,20,21). The highest BCUT2D eigenvalue weighted by atomic mass is 79.9. The van der Waals surface area contributed by atoms with Crippen molar-refractivity contribution in [1.82, 2.24) is 15.1 Å². The number of halogens is 1. The molecule has 4 rings (SSSR count). The number of nitrogens with one attached hydrogen (secondary N) is 1. The summed E-state index contributed by atoms with van der Waals surface area (Å²) in [5.74, 6) is 0.00690. The van der Waals surface area contributed by atoms with Crippen molar-refractivity contribution < 1.29 is 4.79 Å². The molecule has 122 valence electrons. The zero-order valence-corrected chi connectivity index (χ0v) is 15.3. The number of amides is 1. The Kier molecular flexibility index (Phi) is 4.24. The van der Waals surface area contributed by atoms with Crippen LogP contribution in [0.25, 0.3) is 11.3 Å². The van der Waals surface area contributed by atoms with Gasteiger partial charge in [-0.3, -0.25) is 9.89 Å². The second kappa shape index (κ2) is 6.53. The average Bonchev–Trinajstić information content (AvgIpc) is 3.17. The van der Waals surface area contributed by atoms with Crippen molar-refractivity contribution in [3.05, 3.63) is 62.9 Å². The quantitative estimate of drug-likeness (QED) is 0.672. The van der Waals surface area contributed by atoms with Gasteiger partial charge in [0.1, 0.15) is 11.4 Å². The van der Waals surface area contributed by atoms with E-state index in [9.17, 15) is 4.79 Å². The van der Waals surface area contributed by atoms with Crippen molar-refractivity contribution in [2.24, 2.45) is 0 Å². The third-order valence-electron chi connectivity index (χ3n) is 4.12. The van der Waals surface area contributed by atoms with Gasteiger partial charge in [0, 0.05) is 16.5 Å². The molecule has 1 aliphatic rings. The maximum atomic E-state index is 13.0. The summed E-state index contributed by atoms with van der Waals surface area (Å²) in [6.45, 7) is 0.660. The summed E-state index contributed by atoms with van der Waals surface area (Å²) in [7, 11) is 0. The molecule has 6 heteroatoms. The van der Waals surface area contributed by atoms with Crippen molar-refractivity contribution in [3.8, 4) is 11.3 Å². The predicted molar refractivity (Wildman–Crippen MR) is 98.9 cm³/mol. The van der Waals surface area contributed by atoms with Crippen molar-refractivity contribution in [2.45, 2.75) is 25.4 Å². The molecule has 1 amide bonds. The Labute approximate surface area is 152 Å². The van der Waals surface area contributed by atoms with Crippen LogP contribution in [0, 0.1) is 0 Å². The number of hydrogen-bond acceptors (Lipinski definition) is 3. The molecular weight excluding hydrogens is 386 g/mol. The van der Waals surface area contributed by atoms with Crippen LogP contribution in [0.3, 0.4) is 0 Å². The maximum Gasteiger partial charge on any atom is 0.273 e. The van der Waals surface area contributed by atoms with Crippen LogP contribution >= 0.6 is 27.3 Å². The molecule has 0 bridgehead atoms. The molecule has 1 aliphatic carbocycles. The molecule has 1 fully saturated rings. The van der Waals surface area contributed by atoms with E-state index in [4.69, 9.17) is 0 Å². The van der Waals surface area contributed by atoms with Crippen LogP contribution in [0.2, 0.25) is 0 Å². The van der Waals surface area contributed by atoms with Gasteiger partial charge in [-0.15, -0.1) is 11.3 Å². The Bertz CT molecular complexity index is 841. The van der Waals surface area contributed by atoms with Gasteiger partial charge in [0.25, 0.3) is 5.91 Å². The average molecular weight is 402 g/mol. The molecule has 1 aromatic carbocycles. The molecule has 3 aromatic rings. The summed E-state index contributed by atoms with van der Waals surface area (Å²) in [6.07, 6.45) is 2.16. The molecule has 1 N–H and O–H groups in total. The minimum Gasteiger partial charge on any atom is -0.329 e. The first-order chi connectivity index (χ1) is 11.7. The molecule has 0 unspecified atom stereocenters. The van der Waals surface area contributed by atoms with Gasteiger partial charge >= 0.3 is 0 Å². The first-order valence-electron chi connectivity index (χ1n) is 7.86. The second-order valence-corrected chi connectivity index (χ2v) is 7.70. The largest absolute Gasteiger partial charge is 0.329 e. The highest BCUT2D eigenvalue weighted by molar-refractivity contribution is 9.10. The summed E-state index contributed by atoms with van der Waals surface area (Å²) in [5.41, 5.74) is 2.28. The van der Waals surface area contributed by atoms with Gasteiger partial charge in [0.2, 0.25) is 0 Å². The number of nitrogens with zero attached hydrogens (tertiary/aromatic N) is 2. The lowest BCUT2D eigenvalue weighted by Crippen LogP contribution is -2.32. The minimum absolute atomic E-state index is 0.00690. The van der Waals surface area contributed by atoms with E-state index in [0.29, 0.717) is 18.3 Å². The van der Waals surface area contributed by atoms with E-state index in [-0.39, 0.29) is 5.91 Å². The Morgan fingerprint density at radius 1 is 1.25 bits per heavy atom. The van der Waals surface area contributed by atoms with Crippen LogP contribution in [-0.4, -0.2) is 27.0 Å². The third-order valence-corrected chi connectivity index (χ3v) is 5.76. The molecular formula is C18H16BrN3OS. The SMILES string of the molecule is O=C(c1[nH]nc(-c2ccccc2)c1Br)N(Cc1cccs1)C1CC1. The lowest BCUT2D eigenvalue weighted by Gasteiger charge is -2.21. The maximum absolute atomic E-state index is 13.0. The van der Waals surface area contributed by atoms with Crippen molar-refractivity contribution in [3.63, 3.8) is 0 Å². The lowest BCUT2D eigenvalue weighted by molar-refractivity contribution is 0.0724. The number of H-pyrrole nitrogens is 1. The normalized spacial score (nSPS) is 13.9. The summed E-state index contributed by atoms with van der Waals surface area (Å²) in [6, 6.07) is 14.3. The number of aromatic nitrogens is 2. The number of thiophene rings is 1. The van der Waals surface area contributed by atoms with Crippen molar-refractivity contribution >= 4 is 33.2 Å². The first kappa shape index (κ1) is 15.6. The number of carbonyl (C=O) groups is 1. The second-order valence-electron chi connectivity index (χ2n) is 5.87. The summed E-state index contributed by atoms with van der Waals surface area (Å²) in [4.78, 5) is 16.2. The van der Waals surface area contributed by atoms with Gasteiger partial charge < -0.3 is 4.90 Å². The predicted octanol–water partition coefficient (Wildman–Crippen LogP) is 4.71. The Hall–Kier alpha value is -1.92. The van der Waals surface area contributed by atoms with Crippen LogP contribution in [0.5, 0.6) is 0 Å². The van der Waals surface area contributed by atoms with Crippen molar-refractivity contribution in [2.75, 3.05) is 0 Å². The zero-order valence-electron chi connectivity index (χ0n) is 12.9. The van der Waals surface area contributed by atoms with Gasteiger partial charge in [0.15, 0.2) is 0 Å². The summed E-state index contributed by atoms with van der Waals surface area (Å²) < 4.78 is 0.732. The van der Waals surface area contributed by atoms with E-state index in [0.717, 1.165) is 28.6 Å². The number of aromatic amines is 1. The van der Waals surface area contributed by atoms with Gasteiger partial charge in [-0.25, -0.2) is 0 Å². The topological polar surface area (TPSA) is 49.0 Å². The van der Waals surface area contributed by atoms with E-state index in [1.165, 1.54) is 4.88 Å². The highest BCUT2D eigenvalue weighted by Gasteiger charge is 2.35. The number of benzene rings is 1. The molecule has 2 heterocycles. The van der Waals surface area contributed by atoms with Crippen LogP contribution in [0.15, 0.2) is 52.3 Å². The molecule has 1 saturated carbocycles. The fraction of sp³-hybridized carbons (Fsp3) is 0.222. The smallest absolute Gasteiger partial charge is 0.273 e. The highest BCUT2D eigenvalue weighted by Crippen LogP contribution is 2.34. The van der Waals surface area contributed by atoms with Crippen LogP contribution in [-0.2, 0) is 6.54 Å². The number of hydrogen-bond donors (Lipinski definition) is 1. The minimum atomic E-state index is 0.00690. The fourth-order valence-electron chi connectivity index (χ4n) is 2.72. The van der Waals surface area contributed by atoms with E-state index < -0.39 is 0 Å². The van der Waals surface area contributed by atoms with Crippen molar-refractivity contribution in [1.29, 1.82) is 0 Å². The zero-order chi connectivity index (χ0) is 16.5. The fourth-order valence-corrected chi connectivity index (χ4v) is 4.00. The molecule has 0 aliphatic heterocycles. The Morgan fingerprint density at radius 3 is 2.71 bits per heavy atom. The Morgan fingerprint density at radius 2 is 2.04 bits per heavy atom. The van der Waals surface area contributed by atoms with E-state index in [1.807, 2.05) is 46.7 Å². The summed E-state index contributed by atoms with van der Waals surface area (Å²) >= 11 is 5.25. The van der Waals surface area contributed by atoms with E-state index in [1.54, 1.807) is 11.3 Å². The molecule has 0 spiro atoms. The van der Waals surface area contributed by atoms with Crippen LogP contribution in [0.1, 0.15) is 28.2 Å². The molecule has 0 radical (unpaired) electrons. The lowest BCUT2D eigenvalue weighted by atomic mass is 10.1. The number of rotatable bonds is 5. The van der Waals surface area contributed by atoms with Gasteiger partial charge in [-0.05, 0) is 40.2 Å². The molecule has 0 saturated heterocycles. The van der Waals surface area contributed by atoms with Gasteiger partial charge in [-0.1, -0.05) is 36.4 Å².